The molecule has 2 heterocycles. The second-order valence-electron chi connectivity index (χ2n) is 7.26. The van der Waals surface area contributed by atoms with E-state index in [4.69, 9.17) is 21.1 Å². The number of halogens is 3. The molecule has 0 saturated carbocycles. The number of aromatic nitrogens is 2. The molecule has 2 aromatic carbocycles. The molecule has 1 saturated heterocycles. The first-order chi connectivity index (χ1) is 15.7. The van der Waals surface area contributed by atoms with Crippen LogP contribution in [-0.2, 0) is 32.6 Å². The van der Waals surface area contributed by atoms with Crippen molar-refractivity contribution in [3.63, 3.8) is 0 Å². The van der Waals surface area contributed by atoms with Crippen LogP contribution in [0, 0.1) is 11.6 Å². The van der Waals surface area contributed by atoms with Crippen LogP contribution in [0.5, 0.6) is 0 Å². The highest BCUT2D eigenvalue weighted by atomic mass is 35.5. The van der Waals surface area contributed by atoms with E-state index in [-0.39, 0.29) is 35.2 Å². The van der Waals surface area contributed by atoms with E-state index in [0.717, 1.165) is 0 Å². The Hall–Kier alpha value is -2.60. The minimum atomic E-state index is -3.70. The summed E-state index contributed by atoms with van der Waals surface area (Å²) in [6, 6.07) is 6.01. The number of benzene rings is 2. The van der Waals surface area contributed by atoms with Gasteiger partial charge in [-0.25, -0.2) is 27.0 Å². The molecule has 1 aromatic heterocycles. The summed E-state index contributed by atoms with van der Waals surface area (Å²) in [6.45, 7) is 3.28. The predicted molar refractivity (Wildman–Crippen MR) is 115 cm³/mol. The van der Waals surface area contributed by atoms with Gasteiger partial charge in [-0.3, -0.25) is 0 Å². The average Bonchev–Trinajstić information content (AvgIpc) is 3.17. The van der Waals surface area contributed by atoms with E-state index >= 15 is 0 Å². The van der Waals surface area contributed by atoms with Crippen LogP contribution in [0.25, 0.3) is 11.0 Å². The highest BCUT2D eigenvalue weighted by molar-refractivity contribution is 7.89. The van der Waals surface area contributed by atoms with Crippen molar-refractivity contribution < 1.29 is 31.5 Å². The molecule has 12 heteroatoms. The highest BCUT2D eigenvalue weighted by Crippen LogP contribution is 2.25. The fourth-order valence-corrected chi connectivity index (χ4v) is 5.26. The summed E-state index contributed by atoms with van der Waals surface area (Å²) in [5.74, 6) is -2.97. The Balaban J connectivity index is 1.59. The molecule has 1 fully saturated rings. The zero-order valence-electron chi connectivity index (χ0n) is 17.6. The Morgan fingerprint density at radius 3 is 2.58 bits per heavy atom. The maximum atomic E-state index is 13.5. The second kappa shape index (κ2) is 9.34. The minimum Gasteiger partial charge on any atom is -0.454 e. The predicted octanol–water partition coefficient (Wildman–Crippen LogP) is 3.37. The van der Waals surface area contributed by atoms with Gasteiger partial charge in [0.05, 0.1) is 39.7 Å². The van der Waals surface area contributed by atoms with Gasteiger partial charge >= 0.3 is 5.97 Å². The Morgan fingerprint density at radius 1 is 1.18 bits per heavy atom. The number of carbonyl (C=O) groups excluding carboxylic acids is 1. The summed E-state index contributed by atoms with van der Waals surface area (Å²) in [6.07, 6.45) is 0. The van der Waals surface area contributed by atoms with Crippen LogP contribution in [0.2, 0.25) is 5.02 Å². The van der Waals surface area contributed by atoms with Crippen LogP contribution < -0.4 is 0 Å². The van der Waals surface area contributed by atoms with Gasteiger partial charge in [-0.05, 0) is 37.3 Å². The number of hydrogen-bond acceptors (Lipinski definition) is 6. The van der Waals surface area contributed by atoms with Crippen LogP contribution in [-0.4, -0.2) is 54.5 Å². The maximum absolute atomic E-state index is 13.5. The van der Waals surface area contributed by atoms with Crippen LogP contribution in [0.15, 0.2) is 35.2 Å². The van der Waals surface area contributed by atoms with Gasteiger partial charge in [0.2, 0.25) is 10.0 Å². The van der Waals surface area contributed by atoms with Gasteiger partial charge in [0.1, 0.15) is 12.4 Å². The number of rotatable bonds is 6. The molecule has 4 rings (SSSR count). The van der Waals surface area contributed by atoms with Crippen molar-refractivity contribution in [1.29, 1.82) is 0 Å². The van der Waals surface area contributed by atoms with Gasteiger partial charge in [-0.2, -0.15) is 4.31 Å². The van der Waals surface area contributed by atoms with Crippen LogP contribution in [0.4, 0.5) is 8.78 Å². The van der Waals surface area contributed by atoms with E-state index in [9.17, 15) is 22.0 Å². The molecular weight excluding hydrogens is 480 g/mol. The lowest BCUT2D eigenvalue weighted by atomic mass is 10.2. The van der Waals surface area contributed by atoms with Gasteiger partial charge in [0, 0.05) is 19.6 Å². The third kappa shape index (κ3) is 4.58. The topological polar surface area (TPSA) is 90.7 Å². The molecule has 0 amide bonds. The first-order valence-corrected chi connectivity index (χ1v) is 11.9. The average molecular weight is 500 g/mol. The van der Waals surface area contributed by atoms with Crippen molar-refractivity contribution in [2.45, 2.75) is 25.0 Å². The zero-order chi connectivity index (χ0) is 23.8. The molecule has 8 nitrogen and oxygen atoms in total. The summed E-state index contributed by atoms with van der Waals surface area (Å²) in [7, 11) is -3.70. The number of aryl methyl sites for hydroxylation is 1. The molecule has 0 N–H and O–H groups in total. The first kappa shape index (κ1) is 23.6. The molecule has 33 heavy (non-hydrogen) atoms. The Kier molecular flexibility index (Phi) is 6.66. The van der Waals surface area contributed by atoms with Crippen LogP contribution in [0.3, 0.4) is 0 Å². The molecule has 0 atom stereocenters. The van der Waals surface area contributed by atoms with Gasteiger partial charge in [0.15, 0.2) is 11.6 Å². The van der Waals surface area contributed by atoms with E-state index < -0.39 is 27.6 Å². The second-order valence-corrected chi connectivity index (χ2v) is 9.61. The summed E-state index contributed by atoms with van der Waals surface area (Å²) in [5, 5.41) is -0.277. The Morgan fingerprint density at radius 2 is 1.88 bits per heavy atom. The van der Waals surface area contributed by atoms with Crippen molar-refractivity contribution in [3.8, 4) is 0 Å². The first-order valence-electron chi connectivity index (χ1n) is 10.1. The van der Waals surface area contributed by atoms with E-state index in [1.165, 1.54) is 16.4 Å². The molecule has 0 bridgehead atoms. The Labute approximate surface area is 193 Å². The number of hydrogen-bond donors (Lipinski definition) is 0. The monoisotopic (exact) mass is 499 g/mol. The lowest BCUT2D eigenvalue weighted by Crippen LogP contribution is -2.40. The van der Waals surface area contributed by atoms with E-state index in [1.807, 2.05) is 6.92 Å². The molecule has 0 radical (unpaired) electrons. The van der Waals surface area contributed by atoms with Gasteiger partial charge < -0.3 is 14.0 Å². The summed E-state index contributed by atoms with van der Waals surface area (Å²) < 4.78 is 66.2. The summed E-state index contributed by atoms with van der Waals surface area (Å²) in [5.41, 5.74) is 0.770. The molecule has 0 spiro atoms. The van der Waals surface area contributed by atoms with Crippen molar-refractivity contribution in [3.05, 3.63) is 58.4 Å². The third-order valence-electron chi connectivity index (χ3n) is 5.29. The van der Waals surface area contributed by atoms with Gasteiger partial charge in [0.25, 0.3) is 0 Å². The normalized spacial score (nSPS) is 15.2. The van der Waals surface area contributed by atoms with Crippen molar-refractivity contribution >= 4 is 38.6 Å². The maximum Gasteiger partial charge on any atom is 0.340 e. The molecule has 1 aliphatic heterocycles. The van der Waals surface area contributed by atoms with E-state index in [0.29, 0.717) is 48.7 Å². The quantitative estimate of drug-likeness (QED) is 0.381. The summed E-state index contributed by atoms with van der Waals surface area (Å²) >= 11 is 5.83. The third-order valence-corrected chi connectivity index (χ3v) is 7.49. The van der Waals surface area contributed by atoms with Crippen LogP contribution in [0.1, 0.15) is 23.1 Å². The number of nitrogens with zero attached hydrogens (tertiary/aromatic N) is 3. The number of morpholine rings is 1. The molecule has 1 aliphatic rings. The minimum absolute atomic E-state index is 0.106. The fourth-order valence-electron chi connectivity index (χ4n) is 3.61. The number of sulfonamides is 1. The fraction of sp³-hybridized carbons (Fsp3) is 0.333. The number of fused-ring (bicyclic) bond motifs is 1. The van der Waals surface area contributed by atoms with Crippen molar-refractivity contribution in [2.24, 2.45) is 0 Å². The molecule has 0 aliphatic carbocycles. The molecular formula is C21H20ClF2N3O5S. The lowest BCUT2D eigenvalue weighted by Gasteiger charge is -2.26. The summed E-state index contributed by atoms with van der Waals surface area (Å²) in [4.78, 5) is 16.9. The molecule has 3 aromatic rings. The van der Waals surface area contributed by atoms with Gasteiger partial charge in [-0.1, -0.05) is 11.6 Å². The number of esters is 1. The van der Waals surface area contributed by atoms with Crippen molar-refractivity contribution in [2.75, 3.05) is 26.3 Å². The SMILES string of the molecule is CCn1c(COC(=O)c2cc(F)c(F)cc2Cl)nc2cc(S(=O)(=O)N3CCOCC3)ccc21. The van der Waals surface area contributed by atoms with E-state index in [1.54, 1.807) is 10.6 Å². The zero-order valence-corrected chi connectivity index (χ0v) is 19.1. The van der Waals surface area contributed by atoms with Crippen molar-refractivity contribution in [1.82, 2.24) is 13.9 Å². The lowest BCUT2D eigenvalue weighted by molar-refractivity contribution is 0.0458. The number of imidazole rings is 1. The number of carbonyl (C=O) groups is 1. The number of ether oxygens (including phenoxy) is 2. The van der Waals surface area contributed by atoms with Gasteiger partial charge in [-0.15, -0.1) is 0 Å². The highest BCUT2D eigenvalue weighted by Gasteiger charge is 2.27. The Bertz CT molecular complexity index is 1320. The molecule has 176 valence electrons. The van der Waals surface area contributed by atoms with Crippen LogP contribution >= 0.6 is 11.6 Å². The van der Waals surface area contributed by atoms with E-state index in [2.05, 4.69) is 4.98 Å². The standard InChI is InChI=1S/C21H20ClF2N3O5S/c1-2-27-19-4-3-13(33(29,30)26-5-7-31-8-6-26)9-18(19)25-20(27)12-32-21(28)14-10-16(23)17(24)11-15(14)22/h3-4,9-11H,2,5-8,12H2,1H3. The molecule has 0 unspecified atom stereocenters. The smallest absolute Gasteiger partial charge is 0.340 e. The largest absolute Gasteiger partial charge is 0.454 e.